The number of nitrogens with two attached hydrogens (primary N) is 8. The maximum Gasteiger partial charge on any atom is 0.352 e. The highest BCUT2D eigenvalue weighted by Crippen LogP contribution is 2.53. The van der Waals surface area contributed by atoms with Crippen molar-refractivity contribution >= 4 is 59.2 Å². The molecule has 452 valence electrons. The van der Waals surface area contributed by atoms with Crippen LogP contribution >= 0.6 is 0 Å². The highest BCUT2D eigenvalue weighted by molar-refractivity contribution is 6.02. The Bertz CT molecular complexity index is 2450. The molecule has 8 amide bonds. The number of aliphatic hydroxyl groups is 1. The lowest BCUT2D eigenvalue weighted by Gasteiger charge is -2.31. The Morgan fingerprint density at radius 2 is 1.47 bits per heavy atom. The highest BCUT2D eigenvalue weighted by Gasteiger charge is 2.63. The molecule has 0 spiro atoms. The third-order valence-electron chi connectivity index (χ3n) is 14.6. The van der Waals surface area contributed by atoms with Gasteiger partial charge in [-0.2, -0.15) is 0 Å². The third-order valence-corrected chi connectivity index (χ3v) is 14.6. The second-order valence-corrected chi connectivity index (χ2v) is 20.4. The van der Waals surface area contributed by atoms with E-state index in [2.05, 4.69) is 42.2 Å². The van der Waals surface area contributed by atoms with Gasteiger partial charge in [0.05, 0.1) is 32.4 Å². The lowest BCUT2D eigenvalue weighted by Crippen LogP contribution is -2.61. The molecule has 1 aromatic rings. The van der Waals surface area contributed by atoms with Gasteiger partial charge < -0.3 is 108 Å². The minimum absolute atomic E-state index is 0.0243. The molecule has 0 radical (unpaired) electrons. The molecule has 81 heavy (non-hydrogen) atoms. The lowest BCUT2D eigenvalue weighted by atomic mass is 10.0. The van der Waals surface area contributed by atoms with Gasteiger partial charge in [0, 0.05) is 25.6 Å². The van der Waals surface area contributed by atoms with Crippen molar-refractivity contribution in [3.8, 4) is 11.5 Å². The maximum absolute atomic E-state index is 14.8. The van der Waals surface area contributed by atoms with Crippen molar-refractivity contribution in [1.82, 2.24) is 42.1 Å². The van der Waals surface area contributed by atoms with E-state index in [1.165, 1.54) is 25.2 Å². The van der Waals surface area contributed by atoms with Crippen LogP contribution in [0.2, 0.25) is 0 Å². The zero-order valence-electron chi connectivity index (χ0n) is 46.2. The minimum atomic E-state index is -1.71. The van der Waals surface area contributed by atoms with Crippen molar-refractivity contribution in [1.29, 1.82) is 0 Å². The van der Waals surface area contributed by atoms with Crippen LogP contribution in [0.15, 0.2) is 35.0 Å². The van der Waals surface area contributed by atoms with Crippen LogP contribution in [0.1, 0.15) is 95.0 Å². The first-order valence-electron chi connectivity index (χ1n) is 27.2. The van der Waals surface area contributed by atoms with Gasteiger partial charge in [0.1, 0.15) is 41.4 Å². The monoisotopic (exact) mass is 1140 g/mol. The molecule has 3 fully saturated rings. The second-order valence-electron chi connectivity index (χ2n) is 20.4. The number of unbranched alkanes of at least 4 members (excludes halogenated alkanes) is 1. The Hall–Kier alpha value is -7.22. The molecule has 1 unspecified atom stereocenters. The van der Waals surface area contributed by atoms with Crippen molar-refractivity contribution in [3.63, 3.8) is 0 Å². The minimum Gasteiger partial charge on any atom is -0.493 e. The molecule has 1 aliphatic heterocycles. The predicted molar refractivity (Wildman–Crippen MR) is 296 cm³/mol. The summed E-state index contributed by atoms with van der Waals surface area (Å²) >= 11 is 0. The van der Waals surface area contributed by atoms with E-state index in [0.717, 1.165) is 0 Å². The molecule has 25 N–H and O–H groups in total. The molecule has 1 aromatic carbocycles. The van der Waals surface area contributed by atoms with Crippen LogP contribution in [0, 0.1) is 5.92 Å². The number of aliphatic imine (C=N–C) groups is 1. The number of guanidine groups is 1. The molecular weight excluding hydrogens is 1060 g/mol. The van der Waals surface area contributed by atoms with Crippen molar-refractivity contribution < 1.29 is 62.8 Å². The summed E-state index contributed by atoms with van der Waals surface area (Å²) in [5.41, 5.74) is 42.7. The quantitative estimate of drug-likeness (QED) is 0.0129. The number of hydrogen-bond acceptors (Lipinski definition) is 19. The number of ether oxygens (including phenoxy) is 2. The summed E-state index contributed by atoms with van der Waals surface area (Å²) in [7, 11) is 2.88. The van der Waals surface area contributed by atoms with Crippen LogP contribution in [0.25, 0.3) is 0 Å². The van der Waals surface area contributed by atoms with Gasteiger partial charge in [-0.05, 0) is 133 Å². The number of aliphatic carboxylic acids is 1. The molecule has 0 aromatic heterocycles. The summed E-state index contributed by atoms with van der Waals surface area (Å²) in [6.45, 7) is -0.339. The van der Waals surface area contributed by atoms with E-state index < -0.39 is 125 Å². The topological polar surface area (TPSA) is 521 Å². The van der Waals surface area contributed by atoms with E-state index in [0.29, 0.717) is 62.1 Å². The number of carboxylic acids is 1. The van der Waals surface area contributed by atoms with E-state index in [1.54, 1.807) is 18.2 Å². The summed E-state index contributed by atoms with van der Waals surface area (Å²) in [6.07, 6.45) is 2.78. The third kappa shape index (κ3) is 18.4. The Balaban J connectivity index is 1.52. The van der Waals surface area contributed by atoms with E-state index in [-0.39, 0.29) is 89.5 Å². The highest BCUT2D eigenvalue weighted by atomic mass is 16.5. The van der Waals surface area contributed by atoms with Crippen LogP contribution in [-0.2, 0) is 43.2 Å². The van der Waals surface area contributed by atoms with E-state index in [1.807, 2.05) is 0 Å². The van der Waals surface area contributed by atoms with Gasteiger partial charge in [-0.3, -0.25) is 43.3 Å². The van der Waals surface area contributed by atoms with Gasteiger partial charge in [-0.25, -0.2) is 4.79 Å². The van der Waals surface area contributed by atoms with Crippen molar-refractivity contribution in [2.24, 2.45) is 56.8 Å². The zero-order chi connectivity index (χ0) is 60.0. The Kier molecular flexibility index (Phi) is 25.9. The molecule has 0 bridgehead atoms. The van der Waals surface area contributed by atoms with E-state index in [9.17, 15) is 53.4 Å². The fourth-order valence-electron chi connectivity index (χ4n) is 9.76. The number of amides is 8. The molecule has 3 aliphatic rings. The molecule has 10 atom stereocenters. The fourth-order valence-corrected chi connectivity index (χ4v) is 9.76. The van der Waals surface area contributed by atoms with E-state index in [4.69, 9.17) is 55.3 Å². The van der Waals surface area contributed by atoms with Gasteiger partial charge in [-0.15, -0.1) is 0 Å². The number of carboxylic acid groups (broad SMARTS) is 1. The first kappa shape index (κ1) is 66.3. The number of benzene rings is 1. The van der Waals surface area contributed by atoms with Crippen LogP contribution < -0.4 is 92.6 Å². The maximum atomic E-state index is 14.8. The molecule has 30 nitrogen and oxygen atoms in total. The molecule has 1 saturated heterocycles. The van der Waals surface area contributed by atoms with Gasteiger partial charge >= 0.3 is 5.97 Å². The second kappa shape index (κ2) is 31.7. The number of rotatable bonds is 36. The first-order chi connectivity index (χ1) is 38.6. The van der Waals surface area contributed by atoms with Gasteiger partial charge in [0.15, 0.2) is 17.5 Å². The van der Waals surface area contributed by atoms with Gasteiger partial charge in [0.25, 0.3) is 0 Å². The van der Waals surface area contributed by atoms with Crippen LogP contribution in [-0.4, -0.2) is 188 Å². The molecule has 1 heterocycles. The van der Waals surface area contributed by atoms with Gasteiger partial charge in [0.2, 0.25) is 47.3 Å². The van der Waals surface area contributed by atoms with Crippen molar-refractivity contribution in [2.45, 2.75) is 137 Å². The zero-order valence-corrected chi connectivity index (χ0v) is 46.2. The first-order valence-corrected chi connectivity index (χ1v) is 27.2. The van der Waals surface area contributed by atoms with Crippen LogP contribution in [0.3, 0.4) is 0 Å². The summed E-state index contributed by atoms with van der Waals surface area (Å²) in [5, 5.41) is 38.6. The fraction of sp³-hybridized carbons (Fsp3) is 0.647. The summed E-state index contributed by atoms with van der Waals surface area (Å²) in [4.78, 5) is 129. The summed E-state index contributed by atoms with van der Waals surface area (Å²) < 4.78 is 10.9. The SMILES string of the molecule is COc1ccc([C@@H]2CC2(NC(=O)[C@@H]2CCCN2C(=O)[C@@H](CCCN)NC(=O)CNC(=O)[C@H](CCN)NC(=O)[C@@H](NC(=O)[C@@]2(N)C[C@@H]2CCCN)[C@@H](O)CN)C(=O)N[C@@H](CCCCN)C(=O)N/C(=C\CCN=C(N)N)C(=O)O)cc1OC. The number of carbonyl (C=O) groups is 9. The average Bonchev–Trinajstić information content (AvgIpc) is 4.13. The Labute approximate surface area is 470 Å². The number of nitrogens with zero attached hydrogens (tertiary/aromatic N) is 2. The van der Waals surface area contributed by atoms with Crippen molar-refractivity contribution in [2.75, 3.05) is 66.6 Å². The number of aliphatic hydroxyl groups excluding tert-OH is 1. The lowest BCUT2D eigenvalue weighted by molar-refractivity contribution is -0.142. The molecular formula is C51H85N17O13. The standard InChI is InChI=1S/C51H85N17O13/c1-80-37-15-14-28(23-38(37)81-2)30-25-51(30,48(79)65-31(10-3-4-17-52)42(72)64-34(46(76)77)12-7-21-60-49(57)58)67-43(73)35-13-8-22-68(35)45(75)33(11-6-19-54)62-39(70)27-61-41(71)32(16-20-55)63-44(74)40(36(69)26-56)66-47(78)50(59)24-29(50)9-5-18-53/h12,14-15,23,29-33,35-36,40,69H,3-11,13,16-22,24-27,52-56,59H2,1-2H3,(H,61,71)(H,62,70)(H,63,74)(H,64,72)(H,65,79)(H,66,78)(H,67,73)(H,76,77)(H4,57,58,60)/b34-12-/t29-,30-,31-,32-,33+,35-,36-,40-,50+,51?/m0/s1. The molecule has 2 saturated carbocycles. The van der Waals surface area contributed by atoms with Crippen LogP contribution in [0.4, 0.5) is 0 Å². The predicted octanol–water partition coefficient (Wildman–Crippen LogP) is -6.17. The van der Waals surface area contributed by atoms with Gasteiger partial charge in [-0.1, -0.05) is 12.1 Å². The van der Waals surface area contributed by atoms with Crippen LogP contribution in [0.5, 0.6) is 11.5 Å². The molecule has 4 rings (SSSR count). The number of methoxy groups -OCH3 is 2. The number of carbonyl (C=O) groups excluding carboxylic acids is 8. The molecule has 2 aliphatic carbocycles. The van der Waals surface area contributed by atoms with E-state index >= 15 is 0 Å². The summed E-state index contributed by atoms with van der Waals surface area (Å²) in [5.74, 6) is -8.19. The number of nitrogens with one attached hydrogen (secondary N) is 7. The Morgan fingerprint density at radius 3 is 2.10 bits per heavy atom. The summed E-state index contributed by atoms with van der Waals surface area (Å²) in [6, 6.07) is -1.71. The molecule has 30 heteroatoms. The largest absolute Gasteiger partial charge is 0.493 e. The van der Waals surface area contributed by atoms with Crippen molar-refractivity contribution in [3.05, 3.63) is 35.5 Å². The normalized spacial score (nSPS) is 21.8. The smallest absolute Gasteiger partial charge is 0.352 e. The average molecular weight is 1140 g/mol. The number of hydrogen-bond donors (Lipinski definition) is 17. The number of likely N-dealkylation sites (tertiary alicyclic amines) is 1. The Morgan fingerprint density at radius 1 is 0.790 bits per heavy atom.